The second-order valence-electron chi connectivity index (χ2n) is 3.86. The Morgan fingerprint density at radius 1 is 0.429 bits per heavy atom. The fourth-order valence-corrected chi connectivity index (χ4v) is 0.474. The van der Waals surface area contributed by atoms with E-state index in [-0.39, 0.29) is 13.2 Å². The van der Waals surface area contributed by atoms with Gasteiger partial charge in [0.25, 0.3) is 0 Å². The molecule has 0 aliphatic rings. The molecule has 0 aromatic carbocycles. The Morgan fingerprint density at radius 2 is 0.571 bits per heavy atom. The number of rotatable bonds is 6. The van der Waals surface area contributed by atoms with E-state index in [1.54, 1.807) is 13.8 Å². The highest BCUT2D eigenvalue weighted by atomic mass is 16.3. The number of hydrogen-bond donors (Lipinski definition) is 5. The van der Waals surface area contributed by atoms with E-state index in [2.05, 4.69) is 20.8 Å². The summed E-state index contributed by atoms with van der Waals surface area (Å²) in [7, 11) is 0. The molecule has 0 atom stereocenters. The van der Waals surface area contributed by atoms with Gasteiger partial charge in [0.15, 0.2) is 0 Å². The number of unbranched alkanes of at least 4 members (excludes halogenated alkanes) is 3. The Hall–Kier alpha value is -0.200. The first-order chi connectivity index (χ1) is 10.1. The van der Waals surface area contributed by atoms with Crippen LogP contribution in [0.5, 0.6) is 0 Å². The van der Waals surface area contributed by atoms with Crippen LogP contribution in [0.2, 0.25) is 0 Å². The van der Waals surface area contributed by atoms with E-state index in [0.717, 1.165) is 38.5 Å². The second-order valence-corrected chi connectivity index (χ2v) is 3.86. The van der Waals surface area contributed by atoms with Gasteiger partial charge in [-0.05, 0) is 33.1 Å². The summed E-state index contributed by atoms with van der Waals surface area (Å²) in [5.74, 6) is 0. The van der Waals surface area contributed by atoms with E-state index in [4.69, 9.17) is 25.5 Å². The zero-order valence-corrected chi connectivity index (χ0v) is 15.0. The maximum Gasteiger partial charge on any atom is 0.0430 e. The summed E-state index contributed by atoms with van der Waals surface area (Å²) < 4.78 is 0. The molecule has 0 spiro atoms. The van der Waals surface area contributed by atoms with Gasteiger partial charge in [-0.3, -0.25) is 0 Å². The largest absolute Gasteiger partial charge is 0.397 e. The maximum absolute atomic E-state index is 8.07. The van der Waals surface area contributed by atoms with E-state index in [1.165, 1.54) is 0 Å². The maximum atomic E-state index is 8.07. The van der Waals surface area contributed by atoms with Crippen LogP contribution in [0.3, 0.4) is 0 Å². The van der Waals surface area contributed by atoms with Crippen LogP contribution in [0.25, 0.3) is 0 Å². The van der Waals surface area contributed by atoms with Crippen molar-refractivity contribution < 1.29 is 25.5 Å². The van der Waals surface area contributed by atoms with Crippen LogP contribution in [0, 0.1) is 0 Å². The van der Waals surface area contributed by atoms with Gasteiger partial charge in [-0.1, -0.05) is 40.0 Å². The molecule has 0 aliphatic heterocycles. The molecule has 136 valence electrons. The first kappa shape index (κ1) is 32.7. The summed E-state index contributed by atoms with van der Waals surface area (Å²) >= 11 is 0. The summed E-state index contributed by atoms with van der Waals surface area (Å²) in [5.41, 5.74) is 0. The van der Waals surface area contributed by atoms with Crippen molar-refractivity contribution in [2.45, 2.75) is 73.1 Å². The van der Waals surface area contributed by atoms with Gasteiger partial charge in [0.05, 0.1) is 0 Å². The highest BCUT2D eigenvalue weighted by Crippen LogP contribution is 1.79. The highest BCUT2D eigenvalue weighted by molar-refractivity contribution is 4.24. The zero-order valence-electron chi connectivity index (χ0n) is 15.0. The third-order valence-corrected chi connectivity index (χ3v) is 1.54. The molecule has 0 bridgehead atoms. The lowest BCUT2D eigenvalue weighted by Gasteiger charge is -1.79. The Kier molecular flexibility index (Phi) is 93.3. The van der Waals surface area contributed by atoms with Crippen LogP contribution in [-0.4, -0.2) is 58.6 Å². The molecule has 0 aromatic rings. The van der Waals surface area contributed by atoms with Crippen molar-refractivity contribution in [3.8, 4) is 0 Å². The normalized spacial score (nSPS) is 7.71. The average Bonchev–Trinajstić information content (AvgIpc) is 2.44. The van der Waals surface area contributed by atoms with Crippen molar-refractivity contribution in [1.82, 2.24) is 0 Å². The molecule has 5 N–H and O–H groups in total. The second kappa shape index (κ2) is 60.0. The molecular formula is C16H42O5. The van der Waals surface area contributed by atoms with E-state index in [1.807, 2.05) is 0 Å². The first-order valence-electron chi connectivity index (χ1n) is 8.12. The molecule has 0 radical (unpaired) electrons. The standard InChI is InChI=1S/3C4H10O.2C2H6O/c3*1-2-3-4-5;2*1-2-3/h3*5H,2-4H2,1H3;2*3H,2H2,1H3. The van der Waals surface area contributed by atoms with Gasteiger partial charge >= 0.3 is 0 Å². The number of aliphatic hydroxyl groups is 5. The molecule has 0 unspecified atom stereocenters. The van der Waals surface area contributed by atoms with Crippen molar-refractivity contribution in [1.29, 1.82) is 0 Å². The predicted molar refractivity (Wildman–Crippen MR) is 91.5 cm³/mol. The summed E-state index contributed by atoms with van der Waals surface area (Å²) in [4.78, 5) is 0. The average molecular weight is 315 g/mol. The fourth-order valence-electron chi connectivity index (χ4n) is 0.474. The minimum Gasteiger partial charge on any atom is -0.397 e. The Bertz CT molecular complexity index is 70.5. The van der Waals surface area contributed by atoms with Crippen LogP contribution in [0.1, 0.15) is 73.1 Å². The van der Waals surface area contributed by atoms with Crippen LogP contribution in [0.15, 0.2) is 0 Å². The number of aliphatic hydroxyl groups excluding tert-OH is 5. The van der Waals surface area contributed by atoms with Crippen molar-refractivity contribution in [2.75, 3.05) is 33.0 Å². The topological polar surface area (TPSA) is 101 Å². The molecule has 5 heteroatoms. The van der Waals surface area contributed by atoms with Gasteiger partial charge in [0, 0.05) is 33.0 Å². The summed E-state index contributed by atoms with van der Waals surface area (Å²) in [6, 6.07) is 0. The smallest absolute Gasteiger partial charge is 0.0430 e. The Balaban J connectivity index is -0.0000000519. The van der Waals surface area contributed by atoms with Crippen molar-refractivity contribution in [3.05, 3.63) is 0 Å². The molecule has 0 heterocycles. The molecule has 5 nitrogen and oxygen atoms in total. The zero-order chi connectivity index (χ0) is 17.8. The summed E-state index contributed by atoms with van der Waals surface area (Å²) in [6.45, 7) is 11.0. The molecule has 0 rings (SSSR count). The molecule has 0 fully saturated rings. The molecule has 0 aromatic heterocycles. The lowest BCUT2D eigenvalue weighted by molar-refractivity contribution is 0.286. The third kappa shape index (κ3) is 186. The molecule has 0 saturated carbocycles. The van der Waals surface area contributed by atoms with E-state index < -0.39 is 0 Å². The van der Waals surface area contributed by atoms with Crippen LogP contribution >= 0.6 is 0 Å². The van der Waals surface area contributed by atoms with Gasteiger partial charge < -0.3 is 25.5 Å². The predicted octanol–water partition coefficient (Wildman–Crippen LogP) is 2.33. The van der Waals surface area contributed by atoms with Crippen molar-refractivity contribution in [2.24, 2.45) is 0 Å². The van der Waals surface area contributed by atoms with Crippen LogP contribution < -0.4 is 0 Å². The minimum atomic E-state index is 0.250. The Morgan fingerprint density at radius 3 is 0.571 bits per heavy atom. The number of hydrogen-bond acceptors (Lipinski definition) is 5. The summed E-state index contributed by atoms with van der Waals surface area (Å²) in [6.07, 6.45) is 6.11. The van der Waals surface area contributed by atoms with Gasteiger partial charge in [-0.15, -0.1) is 0 Å². The van der Waals surface area contributed by atoms with Crippen LogP contribution in [0.4, 0.5) is 0 Å². The van der Waals surface area contributed by atoms with Crippen molar-refractivity contribution >= 4 is 0 Å². The summed E-state index contributed by atoms with van der Waals surface area (Å²) in [5, 5.41) is 39.3. The van der Waals surface area contributed by atoms with E-state index >= 15 is 0 Å². The van der Waals surface area contributed by atoms with Crippen molar-refractivity contribution in [3.63, 3.8) is 0 Å². The lowest BCUT2D eigenvalue weighted by Crippen LogP contribution is -1.75. The molecule has 0 aliphatic carbocycles. The van der Waals surface area contributed by atoms with Gasteiger partial charge in [0.1, 0.15) is 0 Å². The SMILES string of the molecule is CCCCO.CCCCO.CCCCO.CCO.CCO. The quantitative estimate of drug-likeness (QED) is 0.518. The first-order valence-corrected chi connectivity index (χ1v) is 8.12. The third-order valence-electron chi connectivity index (χ3n) is 1.54. The van der Waals surface area contributed by atoms with Gasteiger partial charge in [-0.2, -0.15) is 0 Å². The molecule has 0 amide bonds. The lowest BCUT2D eigenvalue weighted by atomic mass is 10.4. The van der Waals surface area contributed by atoms with E-state index in [0.29, 0.717) is 19.8 Å². The highest BCUT2D eigenvalue weighted by Gasteiger charge is 1.70. The monoisotopic (exact) mass is 314 g/mol. The van der Waals surface area contributed by atoms with Gasteiger partial charge in [0.2, 0.25) is 0 Å². The van der Waals surface area contributed by atoms with Gasteiger partial charge in [-0.25, -0.2) is 0 Å². The minimum absolute atomic E-state index is 0.250. The molecule has 21 heavy (non-hydrogen) atoms. The van der Waals surface area contributed by atoms with E-state index in [9.17, 15) is 0 Å². The Labute approximate surface area is 132 Å². The molecular weight excluding hydrogens is 272 g/mol. The van der Waals surface area contributed by atoms with Crippen LogP contribution in [-0.2, 0) is 0 Å². The molecule has 0 saturated heterocycles. The fraction of sp³-hybridized carbons (Fsp3) is 1.00.